The zero-order valence-electron chi connectivity index (χ0n) is 27.9. The van der Waals surface area contributed by atoms with Gasteiger partial charge in [-0.15, -0.1) is 0 Å². The molecule has 3 aliphatic rings. The summed E-state index contributed by atoms with van der Waals surface area (Å²) in [5.74, 6) is -0.197. The SMILES string of the molecule is CC(=O)c1ccc(Oc2ccc(C(C)(C)c3ccc(O[C@H]4C[C@H](Nc5cccc6c5C(=O)N(C5CCC(=O)NC5=O)C6=O)C4)cc3)cc2)cn1. The summed E-state index contributed by atoms with van der Waals surface area (Å²) in [6.07, 6.45) is 3.13. The maximum Gasteiger partial charge on any atom is 0.264 e. The van der Waals surface area contributed by atoms with Crippen LogP contribution in [-0.4, -0.2) is 57.5 Å². The number of aromatic nitrogens is 1. The first kappa shape index (κ1) is 32.7. The van der Waals surface area contributed by atoms with Gasteiger partial charge in [0.05, 0.1) is 17.3 Å². The van der Waals surface area contributed by atoms with Gasteiger partial charge >= 0.3 is 0 Å². The number of piperidine rings is 1. The van der Waals surface area contributed by atoms with Crippen molar-refractivity contribution in [2.45, 2.75) is 70.1 Å². The van der Waals surface area contributed by atoms with Crippen LogP contribution in [0, 0.1) is 0 Å². The smallest absolute Gasteiger partial charge is 0.264 e. The Morgan fingerprint density at radius 1 is 0.860 bits per heavy atom. The van der Waals surface area contributed by atoms with Gasteiger partial charge in [-0.2, -0.15) is 0 Å². The first-order valence-electron chi connectivity index (χ1n) is 16.6. The predicted octanol–water partition coefficient (Wildman–Crippen LogP) is 5.83. The van der Waals surface area contributed by atoms with E-state index >= 15 is 0 Å². The van der Waals surface area contributed by atoms with Crippen LogP contribution < -0.4 is 20.1 Å². The van der Waals surface area contributed by atoms with Crippen LogP contribution in [0.15, 0.2) is 85.1 Å². The second-order valence-electron chi connectivity index (χ2n) is 13.4. The number of imide groups is 2. The van der Waals surface area contributed by atoms with Crippen molar-refractivity contribution in [2.24, 2.45) is 0 Å². The van der Waals surface area contributed by atoms with E-state index in [9.17, 15) is 24.0 Å². The second kappa shape index (κ2) is 12.9. The first-order valence-corrected chi connectivity index (χ1v) is 16.6. The van der Waals surface area contributed by atoms with Crippen LogP contribution in [0.2, 0.25) is 0 Å². The molecule has 2 aliphatic heterocycles. The molecule has 1 atom stereocenters. The van der Waals surface area contributed by atoms with Crippen molar-refractivity contribution in [2.75, 3.05) is 5.32 Å². The summed E-state index contributed by atoms with van der Waals surface area (Å²) >= 11 is 0. The van der Waals surface area contributed by atoms with E-state index in [1.807, 2.05) is 36.4 Å². The molecule has 7 rings (SSSR count). The van der Waals surface area contributed by atoms with E-state index in [-0.39, 0.29) is 47.3 Å². The van der Waals surface area contributed by atoms with Crippen molar-refractivity contribution >= 4 is 35.1 Å². The lowest BCUT2D eigenvalue weighted by Crippen LogP contribution is -2.54. The molecule has 3 aromatic carbocycles. The zero-order valence-corrected chi connectivity index (χ0v) is 27.9. The Kier molecular flexibility index (Phi) is 8.43. The number of ether oxygens (including phenoxy) is 2. The third-order valence-electron chi connectivity index (χ3n) is 9.71. The van der Waals surface area contributed by atoms with Gasteiger partial charge in [0.2, 0.25) is 11.8 Å². The average molecular weight is 673 g/mol. The second-order valence-corrected chi connectivity index (χ2v) is 13.4. The molecule has 4 aromatic rings. The molecule has 0 spiro atoms. The third kappa shape index (κ3) is 6.22. The molecule has 254 valence electrons. The van der Waals surface area contributed by atoms with Crippen molar-refractivity contribution in [3.63, 3.8) is 0 Å². The minimum Gasteiger partial charge on any atom is -0.490 e. The van der Waals surface area contributed by atoms with Crippen LogP contribution in [0.4, 0.5) is 5.69 Å². The van der Waals surface area contributed by atoms with Crippen LogP contribution in [0.5, 0.6) is 17.2 Å². The van der Waals surface area contributed by atoms with Crippen LogP contribution in [0.25, 0.3) is 0 Å². The van der Waals surface area contributed by atoms with Gasteiger partial charge in [-0.05, 0) is 66.1 Å². The lowest BCUT2D eigenvalue weighted by Gasteiger charge is -2.37. The van der Waals surface area contributed by atoms with Crippen LogP contribution in [0.1, 0.15) is 88.8 Å². The van der Waals surface area contributed by atoms with Crippen LogP contribution in [0.3, 0.4) is 0 Å². The van der Waals surface area contributed by atoms with Gasteiger partial charge < -0.3 is 14.8 Å². The molecular formula is C39H36N4O7. The molecule has 50 heavy (non-hydrogen) atoms. The molecule has 3 heterocycles. The van der Waals surface area contributed by atoms with Gasteiger partial charge in [-0.1, -0.05) is 44.2 Å². The van der Waals surface area contributed by atoms with Gasteiger partial charge in [-0.25, -0.2) is 4.98 Å². The number of hydrogen-bond acceptors (Lipinski definition) is 9. The maximum atomic E-state index is 13.4. The highest BCUT2D eigenvalue weighted by molar-refractivity contribution is 6.25. The number of Topliss-reactive ketones (excluding diaryl/α,β-unsaturated/α-hetero) is 1. The van der Waals surface area contributed by atoms with Crippen molar-refractivity contribution in [3.8, 4) is 17.2 Å². The lowest BCUT2D eigenvalue weighted by atomic mass is 9.78. The highest BCUT2D eigenvalue weighted by atomic mass is 16.5. The summed E-state index contributed by atoms with van der Waals surface area (Å²) in [4.78, 5) is 67.2. The fourth-order valence-electron chi connectivity index (χ4n) is 6.67. The quantitative estimate of drug-likeness (QED) is 0.157. The highest BCUT2D eigenvalue weighted by Crippen LogP contribution is 2.37. The Hall–Kier alpha value is -5.84. The van der Waals surface area contributed by atoms with Gasteiger partial charge in [0.1, 0.15) is 35.1 Å². The summed E-state index contributed by atoms with van der Waals surface area (Å²) in [5.41, 5.74) is 3.40. The van der Waals surface area contributed by atoms with Crippen molar-refractivity contribution in [1.82, 2.24) is 15.2 Å². The van der Waals surface area contributed by atoms with Gasteiger partial charge in [0.25, 0.3) is 11.8 Å². The van der Waals surface area contributed by atoms with Gasteiger partial charge in [0, 0.05) is 43.3 Å². The molecule has 4 amide bonds. The monoisotopic (exact) mass is 672 g/mol. The molecule has 2 N–H and O–H groups in total. The normalized spacial score (nSPS) is 20.1. The fourth-order valence-corrected chi connectivity index (χ4v) is 6.67. The summed E-state index contributed by atoms with van der Waals surface area (Å²) < 4.78 is 12.2. The maximum absolute atomic E-state index is 13.4. The summed E-state index contributed by atoms with van der Waals surface area (Å²) in [5, 5.41) is 5.63. The number of fused-ring (bicyclic) bond motifs is 1. The summed E-state index contributed by atoms with van der Waals surface area (Å²) in [6.45, 7) is 5.80. The van der Waals surface area contributed by atoms with Gasteiger partial charge in [-0.3, -0.25) is 34.2 Å². The van der Waals surface area contributed by atoms with Crippen molar-refractivity contribution in [1.29, 1.82) is 0 Å². The number of carbonyl (C=O) groups excluding carboxylic acids is 5. The van der Waals surface area contributed by atoms with E-state index < -0.39 is 29.7 Å². The number of carbonyl (C=O) groups is 5. The third-order valence-corrected chi connectivity index (χ3v) is 9.71. The number of benzene rings is 3. The van der Waals surface area contributed by atoms with E-state index in [2.05, 4.69) is 41.6 Å². The van der Waals surface area contributed by atoms with Crippen LogP contribution >= 0.6 is 0 Å². The largest absolute Gasteiger partial charge is 0.490 e. The Bertz CT molecular complexity index is 2000. The number of nitrogens with one attached hydrogen (secondary N) is 2. The van der Waals surface area contributed by atoms with Gasteiger partial charge in [0.15, 0.2) is 5.78 Å². The Morgan fingerprint density at radius 2 is 1.52 bits per heavy atom. The number of rotatable bonds is 10. The van der Waals surface area contributed by atoms with E-state index in [1.54, 1.807) is 36.5 Å². The molecule has 1 unspecified atom stereocenters. The summed E-state index contributed by atoms with van der Waals surface area (Å²) in [7, 11) is 0. The minimum atomic E-state index is -1.01. The van der Waals surface area contributed by atoms with Crippen molar-refractivity contribution in [3.05, 3.63) is 113 Å². The molecule has 0 radical (unpaired) electrons. The molecule has 1 saturated heterocycles. The Labute approximate surface area is 289 Å². The molecular weight excluding hydrogens is 636 g/mol. The average Bonchev–Trinajstić information content (AvgIpc) is 3.34. The molecule has 1 aromatic heterocycles. The zero-order chi connectivity index (χ0) is 35.2. The van der Waals surface area contributed by atoms with E-state index in [4.69, 9.17) is 9.47 Å². The topological polar surface area (TPSA) is 144 Å². The molecule has 1 aliphatic carbocycles. The number of hydrogen-bond donors (Lipinski definition) is 2. The molecule has 0 bridgehead atoms. The molecule has 2 fully saturated rings. The molecule has 11 heteroatoms. The lowest BCUT2D eigenvalue weighted by molar-refractivity contribution is -0.136. The Morgan fingerprint density at radius 3 is 2.14 bits per heavy atom. The highest BCUT2D eigenvalue weighted by Gasteiger charge is 2.46. The number of anilines is 1. The minimum absolute atomic E-state index is 0.0122. The molecule has 11 nitrogen and oxygen atoms in total. The number of pyridine rings is 1. The summed E-state index contributed by atoms with van der Waals surface area (Å²) in [6, 6.07) is 23.5. The fraction of sp³-hybridized carbons (Fsp3) is 0.282. The number of nitrogens with zero attached hydrogens (tertiary/aromatic N) is 2. The van der Waals surface area contributed by atoms with E-state index in [1.165, 1.54) is 6.92 Å². The van der Waals surface area contributed by atoms with Crippen molar-refractivity contribution < 1.29 is 33.4 Å². The Balaban J connectivity index is 0.934. The van der Waals surface area contributed by atoms with E-state index in [0.29, 0.717) is 35.7 Å². The number of amides is 4. The first-order chi connectivity index (χ1) is 24.0. The van der Waals surface area contributed by atoms with E-state index in [0.717, 1.165) is 21.8 Å². The predicted molar refractivity (Wildman–Crippen MR) is 184 cm³/mol. The molecule has 1 saturated carbocycles. The van der Waals surface area contributed by atoms with Crippen LogP contribution in [-0.2, 0) is 15.0 Å². The standard InChI is InChI=1S/C39H36N4O7/c1-22(44)31-16-15-28(21-40-31)49-26-11-7-23(8-12-26)39(2,3)24-9-13-27(14-10-24)50-29-19-25(20-29)41-32-6-4-5-30-35(32)38(48)43(37(30)47)33-17-18-34(45)42-36(33)46/h4-16,21,25,29,33,41H,17-20H2,1-3H3,(H,42,45,46)/t25-,29-,33?. The number of ketones is 1.